The number of primary amides is 1. The van der Waals surface area contributed by atoms with E-state index in [-0.39, 0.29) is 0 Å². The molecule has 0 fully saturated rings. The number of pyridine rings is 1. The van der Waals surface area contributed by atoms with Crippen molar-refractivity contribution < 1.29 is 4.79 Å². The van der Waals surface area contributed by atoms with Gasteiger partial charge in [-0.25, -0.2) is 0 Å². The minimum absolute atomic E-state index is 0.447. The van der Waals surface area contributed by atoms with Crippen LogP contribution in [0.15, 0.2) is 18.5 Å². The molecule has 0 aliphatic heterocycles. The van der Waals surface area contributed by atoms with Crippen LogP contribution < -0.4 is 10.6 Å². The number of carbonyl (C=O) groups excluding carboxylic acids is 1. The van der Waals surface area contributed by atoms with E-state index in [2.05, 4.69) is 4.98 Å². The second kappa shape index (κ2) is 3.21. The summed E-state index contributed by atoms with van der Waals surface area (Å²) < 4.78 is 0. The molecule has 4 nitrogen and oxygen atoms in total. The minimum Gasteiger partial charge on any atom is -0.377 e. The molecule has 2 N–H and O–H groups in total. The lowest BCUT2D eigenvalue weighted by Gasteiger charge is -2.14. The highest BCUT2D eigenvalue weighted by atomic mass is 16.1. The fraction of sp³-hybridized carbons (Fsp3) is 0.250. The molecule has 0 radical (unpaired) electrons. The van der Waals surface area contributed by atoms with Crippen molar-refractivity contribution >= 4 is 11.6 Å². The van der Waals surface area contributed by atoms with Crippen molar-refractivity contribution in [2.45, 2.75) is 0 Å². The summed E-state index contributed by atoms with van der Waals surface area (Å²) in [5, 5.41) is 0. The number of anilines is 1. The Morgan fingerprint density at radius 2 is 2.25 bits per heavy atom. The van der Waals surface area contributed by atoms with Gasteiger partial charge in [0.05, 0.1) is 11.3 Å². The third-order valence-corrected chi connectivity index (χ3v) is 1.55. The van der Waals surface area contributed by atoms with Gasteiger partial charge in [0.2, 0.25) is 0 Å². The van der Waals surface area contributed by atoms with E-state index in [1.807, 2.05) is 19.0 Å². The number of carbonyl (C=O) groups is 1. The molecule has 12 heavy (non-hydrogen) atoms. The maximum Gasteiger partial charge on any atom is 0.252 e. The number of nitrogens with two attached hydrogens (primary N) is 1. The molecule has 0 saturated heterocycles. The molecule has 0 aromatic carbocycles. The van der Waals surface area contributed by atoms with Crippen LogP contribution in [0.3, 0.4) is 0 Å². The summed E-state index contributed by atoms with van der Waals surface area (Å²) >= 11 is 0. The molecule has 0 aliphatic rings. The molecule has 4 heteroatoms. The Morgan fingerprint density at radius 3 is 2.67 bits per heavy atom. The van der Waals surface area contributed by atoms with Crippen LogP contribution >= 0.6 is 0 Å². The van der Waals surface area contributed by atoms with Crippen LogP contribution in [0, 0.1) is 0 Å². The van der Waals surface area contributed by atoms with E-state index in [1.54, 1.807) is 12.3 Å². The Balaban J connectivity index is 3.17. The van der Waals surface area contributed by atoms with E-state index in [0.717, 1.165) is 5.69 Å². The molecule has 0 aliphatic carbocycles. The maximum absolute atomic E-state index is 10.9. The van der Waals surface area contributed by atoms with Gasteiger partial charge in [0.25, 0.3) is 5.91 Å². The first-order valence-electron chi connectivity index (χ1n) is 3.54. The summed E-state index contributed by atoms with van der Waals surface area (Å²) in [7, 11) is 3.70. The zero-order valence-electron chi connectivity index (χ0n) is 7.11. The second-order valence-corrected chi connectivity index (χ2v) is 2.65. The van der Waals surface area contributed by atoms with Crippen LogP contribution in [0.5, 0.6) is 0 Å². The lowest BCUT2D eigenvalue weighted by Crippen LogP contribution is -2.18. The first kappa shape index (κ1) is 8.52. The summed E-state index contributed by atoms with van der Waals surface area (Å²) in [6.45, 7) is 0. The number of nitrogens with zero attached hydrogens (tertiary/aromatic N) is 2. The summed E-state index contributed by atoms with van der Waals surface area (Å²) in [6, 6.07) is 1.75. The van der Waals surface area contributed by atoms with Crippen LogP contribution in [0.1, 0.15) is 10.4 Å². The zero-order valence-corrected chi connectivity index (χ0v) is 7.11. The molecule has 1 amide bonds. The van der Waals surface area contributed by atoms with E-state index < -0.39 is 5.91 Å². The fourth-order valence-corrected chi connectivity index (χ4v) is 0.967. The first-order valence-corrected chi connectivity index (χ1v) is 3.54. The highest BCUT2D eigenvalue weighted by Gasteiger charge is 2.08. The first-order chi connectivity index (χ1) is 5.63. The minimum atomic E-state index is -0.452. The van der Waals surface area contributed by atoms with E-state index in [9.17, 15) is 4.79 Å². The van der Waals surface area contributed by atoms with Crippen molar-refractivity contribution in [1.29, 1.82) is 0 Å². The highest BCUT2D eigenvalue weighted by Crippen LogP contribution is 2.15. The average Bonchev–Trinajstić information content (AvgIpc) is 2.04. The Labute approximate surface area is 71.0 Å². The number of hydrogen-bond donors (Lipinski definition) is 1. The Kier molecular flexibility index (Phi) is 2.28. The molecule has 0 bridgehead atoms. The molecule has 0 spiro atoms. The number of rotatable bonds is 2. The third kappa shape index (κ3) is 1.53. The number of amides is 1. The largest absolute Gasteiger partial charge is 0.377 e. The Morgan fingerprint density at radius 1 is 1.58 bits per heavy atom. The quantitative estimate of drug-likeness (QED) is 0.683. The smallest absolute Gasteiger partial charge is 0.252 e. The molecular formula is C8H11N3O. The van der Waals surface area contributed by atoms with Gasteiger partial charge in [-0.15, -0.1) is 0 Å². The van der Waals surface area contributed by atoms with Crippen LogP contribution in [-0.4, -0.2) is 25.0 Å². The maximum atomic E-state index is 10.9. The topological polar surface area (TPSA) is 59.2 Å². The van der Waals surface area contributed by atoms with Gasteiger partial charge >= 0.3 is 0 Å². The molecule has 64 valence electrons. The molecule has 1 rings (SSSR count). The van der Waals surface area contributed by atoms with Crippen LogP contribution in [-0.2, 0) is 0 Å². The van der Waals surface area contributed by atoms with Crippen molar-refractivity contribution in [2.24, 2.45) is 5.73 Å². The van der Waals surface area contributed by atoms with Crippen LogP contribution in [0.25, 0.3) is 0 Å². The molecule has 0 saturated carbocycles. The van der Waals surface area contributed by atoms with E-state index in [1.165, 1.54) is 6.20 Å². The second-order valence-electron chi connectivity index (χ2n) is 2.65. The predicted octanol–water partition coefficient (Wildman–Crippen LogP) is 0.247. The SMILES string of the molecule is CN(C)c1ccncc1C(N)=O. The van der Waals surface area contributed by atoms with Gasteiger partial charge in [-0.3, -0.25) is 9.78 Å². The lowest BCUT2D eigenvalue weighted by atomic mass is 10.2. The number of hydrogen-bond acceptors (Lipinski definition) is 3. The molecule has 0 unspecified atom stereocenters. The molecule has 1 aromatic heterocycles. The fourth-order valence-electron chi connectivity index (χ4n) is 0.967. The predicted molar refractivity (Wildman–Crippen MR) is 47.1 cm³/mol. The lowest BCUT2D eigenvalue weighted by molar-refractivity contribution is 0.100. The van der Waals surface area contributed by atoms with Crippen molar-refractivity contribution in [3.05, 3.63) is 24.0 Å². The Bertz CT molecular complexity index is 296. The van der Waals surface area contributed by atoms with Crippen molar-refractivity contribution in [3.63, 3.8) is 0 Å². The van der Waals surface area contributed by atoms with Crippen LogP contribution in [0.4, 0.5) is 5.69 Å². The van der Waals surface area contributed by atoms with Crippen molar-refractivity contribution in [2.75, 3.05) is 19.0 Å². The molecule has 1 heterocycles. The van der Waals surface area contributed by atoms with E-state index in [0.29, 0.717) is 5.56 Å². The van der Waals surface area contributed by atoms with E-state index >= 15 is 0 Å². The summed E-state index contributed by atoms with van der Waals surface area (Å²) in [5.41, 5.74) is 6.38. The standard InChI is InChI=1S/C8H11N3O/c1-11(2)7-3-4-10-5-6(7)8(9)12/h3-5H,1-2H3,(H2,9,12). The summed E-state index contributed by atoms with van der Waals surface area (Å²) in [4.78, 5) is 16.5. The third-order valence-electron chi connectivity index (χ3n) is 1.55. The van der Waals surface area contributed by atoms with E-state index in [4.69, 9.17) is 5.73 Å². The number of aromatic nitrogens is 1. The van der Waals surface area contributed by atoms with Gasteiger partial charge in [0.15, 0.2) is 0 Å². The van der Waals surface area contributed by atoms with Crippen molar-refractivity contribution in [1.82, 2.24) is 4.98 Å². The molecular weight excluding hydrogens is 154 g/mol. The zero-order chi connectivity index (χ0) is 9.14. The van der Waals surface area contributed by atoms with Gasteiger partial charge in [-0.2, -0.15) is 0 Å². The monoisotopic (exact) mass is 165 g/mol. The van der Waals surface area contributed by atoms with Gasteiger partial charge in [0, 0.05) is 26.5 Å². The normalized spacial score (nSPS) is 9.50. The molecule has 0 atom stereocenters. The Hall–Kier alpha value is -1.58. The van der Waals surface area contributed by atoms with Crippen molar-refractivity contribution in [3.8, 4) is 0 Å². The van der Waals surface area contributed by atoms with Gasteiger partial charge in [0.1, 0.15) is 0 Å². The molecule has 1 aromatic rings. The summed E-state index contributed by atoms with van der Waals surface area (Å²) in [6.07, 6.45) is 3.10. The average molecular weight is 165 g/mol. The van der Waals surface area contributed by atoms with Gasteiger partial charge in [-0.1, -0.05) is 0 Å². The summed E-state index contributed by atoms with van der Waals surface area (Å²) in [5.74, 6) is -0.452. The highest BCUT2D eigenvalue weighted by molar-refractivity contribution is 5.98. The van der Waals surface area contributed by atoms with Gasteiger partial charge in [-0.05, 0) is 6.07 Å². The van der Waals surface area contributed by atoms with Crippen LogP contribution in [0.2, 0.25) is 0 Å². The van der Waals surface area contributed by atoms with Gasteiger partial charge < -0.3 is 10.6 Å².